The average molecular weight is 413 g/mol. The molecule has 156 valence electrons. The monoisotopic (exact) mass is 413 g/mol. The minimum atomic E-state index is -4.32. The molecule has 0 saturated carbocycles. The minimum absolute atomic E-state index is 0.0869. The lowest BCUT2D eigenvalue weighted by molar-refractivity contribution is -0.137. The molecule has 0 radical (unpaired) electrons. The summed E-state index contributed by atoms with van der Waals surface area (Å²) in [5, 5.41) is 0. The molecule has 1 aromatic heterocycles. The van der Waals surface area contributed by atoms with Crippen LogP contribution in [0.25, 0.3) is 0 Å². The van der Waals surface area contributed by atoms with Crippen molar-refractivity contribution in [3.8, 4) is 0 Å². The van der Waals surface area contributed by atoms with E-state index in [1.807, 2.05) is 0 Å². The summed E-state index contributed by atoms with van der Waals surface area (Å²) in [6.45, 7) is 4.77. The first-order valence-electron chi connectivity index (χ1n) is 8.58. The van der Waals surface area contributed by atoms with E-state index >= 15 is 0 Å². The van der Waals surface area contributed by atoms with Crippen LogP contribution in [-0.2, 0) is 22.3 Å². The molecule has 1 fully saturated rings. The fourth-order valence-electron chi connectivity index (χ4n) is 2.52. The van der Waals surface area contributed by atoms with Crippen molar-refractivity contribution < 1.29 is 27.1 Å². The van der Waals surface area contributed by atoms with Crippen molar-refractivity contribution in [3.05, 3.63) is 76.7 Å². The molecule has 1 atom stereocenters. The number of rotatable bonds is 4. The van der Waals surface area contributed by atoms with Gasteiger partial charge in [0.25, 0.3) is 0 Å². The molecule has 10 heteroatoms. The van der Waals surface area contributed by atoms with Crippen molar-refractivity contribution in [2.75, 3.05) is 13.1 Å². The lowest BCUT2D eigenvalue weighted by Crippen LogP contribution is -2.28. The number of H-pyrrole nitrogens is 1. The van der Waals surface area contributed by atoms with E-state index in [2.05, 4.69) is 16.5 Å². The maximum Gasteiger partial charge on any atom is 0.416 e. The summed E-state index contributed by atoms with van der Waals surface area (Å²) in [4.78, 5) is 28.3. The number of aromatic amines is 1. The molecule has 6 nitrogen and oxygen atoms in total. The number of carbonyl (C=O) groups excluding carboxylic acids is 1. The number of carbonyl (C=O) groups is 1. The number of halogens is 4. The normalized spacial score (nSPS) is 16.1. The Morgan fingerprint density at radius 3 is 2.55 bits per heavy atom. The number of nitrogens with zero attached hydrogens (tertiary/aromatic N) is 2. The van der Waals surface area contributed by atoms with Crippen LogP contribution < -0.4 is 5.69 Å². The molecule has 1 unspecified atom stereocenters. The predicted molar refractivity (Wildman–Crippen MR) is 96.2 cm³/mol. The highest BCUT2D eigenvalue weighted by atomic mass is 19.4. The van der Waals surface area contributed by atoms with Gasteiger partial charge >= 0.3 is 11.9 Å². The third-order valence-electron chi connectivity index (χ3n) is 4.04. The third kappa shape index (κ3) is 7.15. The third-order valence-corrected chi connectivity index (χ3v) is 4.04. The van der Waals surface area contributed by atoms with Gasteiger partial charge in [0.2, 0.25) is 5.91 Å². The quantitative estimate of drug-likeness (QED) is 0.618. The van der Waals surface area contributed by atoms with Crippen LogP contribution in [0.4, 0.5) is 17.6 Å². The zero-order valence-electron chi connectivity index (χ0n) is 15.3. The Hall–Kier alpha value is -3.01. The second kappa shape index (κ2) is 9.97. The van der Waals surface area contributed by atoms with E-state index in [1.54, 1.807) is 4.90 Å². The molecule has 29 heavy (non-hydrogen) atoms. The van der Waals surface area contributed by atoms with Gasteiger partial charge in [-0.15, -0.1) is 0 Å². The fourth-order valence-corrected chi connectivity index (χ4v) is 2.52. The van der Waals surface area contributed by atoms with E-state index in [-0.39, 0.29) is 18.6 Å². The zero-order valence-corrected chi connectivity index (χ0v) is 15.3. The van der Waals surface area contributed by atoms with Gasteiger partial charge in [-0.05, 0) is 30.2 Å². The lowest BCUT2D eigenvalue weighted by atomic mass is 10.1. The van der Waals surface area contributed by atoms with E-state index < -0.39 is 23.2 Å². The number of likely N-dealkylation sites (tertiary alicyclic amines) is 1. The second-order valence-corrected chi connectivity index (χ2v) is 6.14. The standard InChI is InChI=1S/C15H16F3NO2.C4H3FN2O/c1-2-14(20)19-8-7-13(9-19)21-10-11-3-5-12(6-4-11)15(16,17)18;5-3-1-6-4(8)7-2-3/h2-6,13H,1,7-10H2;1-2H,(H,6,7,8). The van der Waals surface area contributed by atoms with Crippen molar-refractivity contribution in [2.24, 2.45) is 0 Å². The number of hydrogen-bond donors (Lipinski definition) is 1. The smallest absolute Gasteiger partial charge is 0.372 e. The Morgan fingerprint density at radius 1 is 1.34 bits per heavy atom. The largest absolute Gasteiger partial charge is 0.416 e. The van der Waals surface area contributed by atoms with Gasteiger partial charge in [-0.25, -0.2) is 9.18 Å². The summed E-state index contributed by atoms with van der Waals surface area (Å²) in [5.41, 5.74) is -0.530. The molecule has 2 aromatic rings. The van der Waals surface area contributed by atoms with Crippen LogP contribution in [0.5, 0.6) is 0 Å². The minimum Gasteiger partial charge on any atom is -0.372 e. The maximum atomic E-state index is 12.4. The molecule has 0 bridgehead atoms. The SMILES string of the molecule is C=CC(=O)N1CCC(OCc2ccc(C(F)(F)F)cc2)C1.O=c1ncc(F)c[nH]1. The molecule has 1 amide bonds. The molecular weight excluding hydrogens is 394 g/mol. The Bertz CT molecular complexity index is 861. The van der Waals surface area contributed by atoms with Crippen LogP contribution >= 0.6 is 0 Å². The molecular formula is C19H19F4N3O3. The fraction of sp³-hybridized carbons (Fsp3) is 0.316. The molecule has 1 saturated heterocycles. The van der Waals surface area contributed by atoms with Gasteiger partial charge in [0.15, 0.2) is 5.82 Å². The van der Waals surface area contributed by atoms with Gasteiger partial charge in [-0.3, -0.25) is 4.79 Å². The molecule has 1 N–H and O–H groups in total. The highest BCUT2D eigenvalue weighted by Crippen LogP contribution is 2.29. The van der Waals surface area contributed by atoms with Crippen LogP contribution in [0.15, 0.2) is 54.1 Å². The molecule has 2 heterocycles. The van der Waals surface area contributed by atoms with E-state index in [0.717, 1.165) is 30.9 Å². The molecule has 0 spiro atoms. The number of alkyl halides is 3. The predicted octanol–water partition coefficient (Wildman–Crippen LogP) is 2.92. The Labute approximate surface area is 163 Å². The van der Waals surface area contributed by atoms with Gasteiger partial charge in [-0.2, -0.15) is 18.2 Å². The van der Waals surface area contributed by atoms with Crippen molar-refractivity contribution in [1.82, 2.24) is 14.9 Å². The van der Waals surface area contributed by atoms with Crippen LogP contribution in [0.3, 0.4) is 0 Å². The lowest BCUT2D eigenvalue weighted by Gasteiger charge is -2.15. The Balaban J connectivity index is 0.000000313. The summed E-state index contributed by atoms with van der Waals surface area (Å²) in [6.07, 6.45) is -0.612. The topological polar surface area (TPSA) is 75.3 Å². The molecule has 3 rings (SSSR count). The summed E-state index contributed by atoms with van der Waals surface area (Å²) >= 11 is 0. The molecule has 0 aliphatic carbocycles. The van der Waals surface area contributed by atoms with Crippen molar-refractivity contribution in [3.63, 3.8) is 0 Å². The Kier molecular flexibility index (Phi) is 7.66. The molecule has 1 aliphatic rings. The number of aromatic nitrogens is 2. The van der Waals surface area contributed by atoms with Gasteiger partial charge < -0.3 is 14.6 Å². The number of nitrogens with one attached hydrogen (secondary N) is 1. The van der Waals surface area contributed by atoms with Crippen molar-refractivity contribution >= 4 is 5.91 Å². The second-order valence-electron chi connectivity index (χ2n) is 6.14. The van der Waals surface area contributed by atoms with E-state index in [4.69, 9.17) is 4.74 Å². The summed E-state index contributed by atoms with van der Waals surface area (Å²) < 4.78 is 54.8. The highest BCUT2D eigenvalue weighted by molar-refractivity contribution is 5.87. The van der Waals surface area contributed by atoms with E-state index in [0.29, 0.717) is 18.7 Å². The first-order chi connectivity index (χ1) is 13.7. The zero-order chi connectivity index (χ0) is 21.4. The van der Waals surface area contributed by atoms with Crippen molar-refractivity contribution in [1.29, 1.82) is 0 Å². The first-order valence-corrected chi connectivity index (χ1v) is 8.58. The molecule has 1 aromatic carbocycles. The first kappa shape index (κ1) is 22.3. The van der Waals surface area contributed by atoms with E-state index in [1.165, 1.54) is 18.2 Å². The van der Waals surface area contributed by atoms with E-state index in [9.17, 15) is 27.2 Å². The van der Waals surface area contributed by atoms with Crippen LogP contribution in [0.1, 0.15) is 17.5 Å². The number of amides is 1. The summed E-state index contributed by atoms with van der Waals surface area (Å²) in [7, 11) is 0. The van der Waals surface area contributed by atoms with Gasteiger partial charge in [0, 0.05) is 19.3 Å². The van der Waals surface area contributed by atoms with Crippen molar-refractivity contribution in [2.45, 2.75) is 25.3 Å². The number of ether oxygens (including phenoxy) is 1. The van der Waals surface area contributed by atoms with Crippen LogP contribution in [-0.4, -0.2) is 40.0 Å². The van der Waals surface area contributed by atoms with Gasteiger partial charge in [0.1, 0.15) is 0 Å². The highest BCUT2D eigenvalue weighted by Gasteiger charge is 2.30. The maximum absolute atomic E-state index is 12.4. The summed E-state index contributed by atoms with van der Waals surface area (Å²) in [6, 6.07) is 4.90. The van der Waals surface area contributed by atoms with Crippen LogP contribution in [0, 0.1) is 5.82 Å². The van der Waals surface area contributed by atoms with Gasteiger partial charge in [-0.1, -0.05) is 18.7 Å². The Morgan fingerprint density at radius 2 is 2.03 bits per heavy atom. The summed E-state index contributed by atoms with van der Waals surface area (Å²) in [5.74, 6) is -0.666. The number of hydrogen-bond acceptors (Lipinski definition) is 4. The van der Waals surface area contributed by atoms with Crippen LogP contribution in [0.2, 0.25) is 0 Å². The van der Waals surface area contributed by atoms with Gasteiger partial charge in [0.05, 0.1) is 24.5 Å². The molecule has 1 aliphatic heterocycles. The average Bonchev–Trinajstić information content (AvgIpc) is 3.17. The number of benzene rings is 1.